The summed E-state index contributed by atoms with van der Waals surface area (Å²) in [7, 11) is -0.484. The zero-order valence-electron chi connectivity index (χ0n) is 17.3. The summed E-state index contributed by atoms with van der Waals surface area (Å²) >= 11 is 0. The monoisotopic (exact) mass is 454 g/mol. The topological polar surface area (TPSA) is 93.1 Å². The van der Waals surface area contributed by atoms with Crippen LogP contribution in [-0.2, 0) is 0 Å². The molecule has 0 atom stereocenters. The van der Waals surface area contributed by atoms with Crippen LogP contribution >= 0.6 is 0 Å². The number of benzene rings is 4. The number of carbonyl (C=O) groups excluding carboxylic acids is 2. The van der Waals surface area contributed by atoms with Crippen molar-refractivity contribution in [3.63, 3.8) is 0 Å². The molecule has 0 aromatic heterocycles. The maximum Gasteiger partial charge on any atom is 0.610 e. The van der Waals surface area contributed by atoms with Gasteiger partial charge in [-0.2, -0.15) is 0 Å². The minimum atomic E-state index is -0.484. The Morgan fingerprint density at radius 2 is 0.970 bits per heavy atom. The van der Waals surface area contributed by atoms with Gasteiger partial charge in [0.1, 0.15) is 23.0 Å². The molecule has 2 N–H and O–H groups in total. The smallest absolute Gasteiger partial charge is 0.508 e. The molecule has 4 aromatic carbocycles. The molecule has 0 amide bonds. The average molecular weight is 455 g/mol. The standard InChI is InChI=1S/C26H18O6Si/c27-23-15-19(11-13-21(23)25(29)17-7-3-1-4-8-17)31-33-32-20-12-14-22(24(28)16-20)26(30)18-9-5-2-6-10-18/h1-16,27-28H. The fourth-order valence-electron chi connectivity index (χ4n) is 3.14. The second kappa shape index (κ2) is 9.84. The molecular weight excluding hydrogens is 436 g/mol. The fraction of sp³-hybridized carbons (Fsp3) is 0. The molecule has 162 valence electrons. The first-order chi connectivity index (χ1) is 16.0. The third-order valence-corrected chi connectivity index (χ3v) is 5.46. The maximum atomic E-state index is 12.5. The zero-order chi connectivity index (χ0) is 23.2. The predicted molar refractivity (Wildman–Crippen MR) is 123 cm³/mol. The number of rotatable bonds is 8. The first-order valence-electron chi connectivity index (χ1n) is 9.97. The predicted octanol–water partition coefficient (Wildman–Crippen LogP) is 4.55. The Morgan fingerprint density at radius 1 is 0.576 bits per heavy atom. The van der Waals surface area contributed by atoms with Gasteiger partial charge in [0.05, 0.1) is 11.1 Å². The van der Waals surface area contributed by atoms with Gasteiger partial charge in [0.25, 0.3) is 0 Å². The molecule has 0 aliphatic carbocycles. The third-order valence-electron chi connectivity index (χ3n) is 4.82. The molecule has 4 aromatic rings. The lowest BCUT2D eigenvalue weighted by atomic mass is 10.0. The molecule has 4 rings (SSSR count). The molecule has 33 heavy (non-hydrogen) atoms. The molecule has 0 bridgehead atoms. The van der Waals surface area contributed by atoms with Gasteiger partial charge in [-0.1, -0.05) is 60.7 Å². The van der Waals surface area contributed by atoms with E-state index in [-0.39, 0.29) is 34.2 Å². The van der Waals surface area contributed by atoms with Crippen molar-refractivity contribution in [2.45, 2.75) is 0 Å². The summed E-state index contributed by atoms with van der Waals surface area (Å²) in [6.45, 7) is 0. The zero-order valence-corrected chi connectivity index (χ0v) is 18.3. The van der Waals surface area contributed by atoms with Crippen LogP contribution in [0.15, 0.2) is 97.1 Å². The normalized spacial score (nSPS) is 10.4. The van der Waals surface area contributed by atoms with E-state index in [1.54, 1.807) is 60.7 Å². The van der Waals surface area contributed by atoms with Gasteiger partial charge in [0, 0.05) is 23.3 Å². The highest BCUT2D eigenvalue weighted by molar-refractivity contribution is 6.21. The third kappa shape index (κ3) is 5.11. The number of ketones is 2. The van der Waals surface area contributed by atoms with Gasteiger partial charge in [-0.05, 0) is 24.3 Å². The minimum absolute atomic E-state index is 0.168. The first-order valence-corrected chi connectivity index (χ1v) is 10.8. The molecule has 2 radical (unpaired) electrons. The van der Waals surface area contributed by atoms with Crippen LogP contribution in [0.2, 0.25) is 0 Å². The van der Waals surface area contributed by atoms with Crippen LogP contribution in [0, 0.1) is 0 Å². The van der Waals surface area contributed by atoms with Crippen molar-refractivity contribution in [1.29, 1.82) is 0 Å². The Labute approximate surface area is 192 Å². The lowest BCUT2D eigenvalue weighted by Gasteiger charge is -2.10. The molecule has 0 saturated carbocycles. The lowest BCUT2D eigenvalue weighted by Crippen LogP contribution is -2.11. The Balaban J connectivity index is 1.37. The second-order valence-electron chi connectivity index (χ2n) is 7.04. The number of hydrogen-bond acceptors (Lipinski definition) is 6. The molecule has 0 fully saturated rings. The van der Waals surface area contributed by atoms with Crippen LogP contribution in [-0.4, -0.2) is 31.8 Å². The van der Waals surface area contributed by atoms with Crippen molar-refractivity contribution in [2.24, 2.45) is 0 Å². The molecule has 0 heterocycles. The Bertz CT molecular complexity index is 1190. The van der Waals surface area contributed by atoms with Crippen LogP contribution < -0.4 is 8.85 Å². The molecule has 0 spiro atoms. The molecule has 7 heteroatoms. The van der Waals surface area contributed by atoms with Crippen molar-refractivity contribution >= 4 is 21.6 Å². The van der Waals surface area contributed by atoms with E-state index in [1.165, 1.54) is 24.3 Å². The van der Waals surface area contributed by atoms with Crippen LogP contribution in [0.1, 0.15) is 31.8 Å². The van der Waals surface area contributed by atoms with Gasteiger partial charge in [0.15, 0.2) is 11.6 Å². The SMILES string of the molecule is O=C(c1ccccc1)c1ccc(O[Si]Oc2ccc(C(=O)c3ccccc3)c(O)c2)cc1O. The van der Waals surface area contributed by atoms with Crippen molar-refractivity contribution in [3.05, 3.63) is 119 Å². The van der Waals surface area contributed by atoms with E-state index in [1.807, 2.05) is 12.1 Å². The number of carbonyl (C=O) groups is 2. The van der Waals surface area contributed by atoms with Gasteiger partial charge < -0.3 is 19.1 Å². The van der Waals surface area contributed by atoms with E-state index in [9.17, 15) is 19.8 Å². The Hall–Kier alpha value is -4.36. The highest BCUT2D eigenvalue weighted by atomic mass is 28.3. The van der Waals surface area contributed by atoms with Crippen LogP contribution in [0.4, 0.5) is 0 Å². The van der Waals surface area contributed by atoms with Gasteiger partial charge in [0.2, 0.25) is 0 Å². The summed E-state index contributed by atoms with van der Waals surface area (Å²) < 4.78 is 11.0. The van der Waals surface area contributed by atoms with Crippen molar-refractivity contribution < 1.29 is 28.7 Å². The number of aromatic hydroxyl groups is 2. The molecule has 0 aliphatic heterocycles. The summed E-state index contributed by atoms with van der Waals surface area (Å²) in [5, 5.41) is 20.5. The van der Waals surface area contributed by atoms with Crippen LogP contribution in [0.25, 0.3) is 0 Å². The van der Waals surface area contributed by atoms with Crippen molar-refractivity contribution in [3.8, 4) is 23.0 Å². The number of phenols is 2. The number of phenolic OH excluding ortho intramolecular Hbond substituents is 2. The minimum Gasteiger partial charge on any atom is -0.508 e. The van der Waals surface area contributed by atoms with Gasteiger partial charge in [-0.15, -0.1) is 0 Å². The van der Waals surface area contributed by atoms with Gasteiger partial charge in [-0.3, -0.25) is 9.59 Å². The van der Waals surface area contributed by atoms with E-state index >= 15 is 0 Å². The first kappa shape index (κ1) is 21.9. The summed E-state index contributed by atoms with van der Waals surface area (Å²) in [4.78, 5) is 25.0. The van der Waals surface area contributed by atoms with E-state index < -0.39 is 10.0 Å². The fourth-order valence-corrected chi connectivity index (χ4v) is 3.63. The number of hydrogen-bond donors (Lipinski definition) is 2. The van der Waals surface area contributed by atoms with Gasteiger partial charge >= 0.3 is 10.0 Å². The van der Waals surface area contributed by atoms with Gasteiger partial charge in [-0.25, -0.2) is 0 Å². The largest absolute Gasteiger partial charge is 0.610 e. The van der Waals surface area contributed by atoms with Crippen molar-refractivity contribution in [2.75, 3.05) is 0 Å². The average Bonchev–Trinajstić information content (AvgIpc) is 2.84. The highest BCUT2D eigenvalue weighted by Crippen LogP contribution is 2.27. The molecule has 6 nitrogen and oxygen atoms in total. The van der Waals surface area contributed by atoms with E-state index in [0.29, 0.717) is 22.6 Å². The van der Waals surface area contributed by atoms with E-state index in [0.717, 1.165) is 0 Å². The summed E-state index contributed by atoms with van der Waals surface area (Å²) in [5.74, 6) is -0.357. The summed E-state index contributed by atoms with van der Waals surface area (Å²) in [6.07, 6.45) is 0. The molecule has 0 unspecified atom stereocenters. The quantitative estimate of drug-likeness (QED) is 0.300. The lowest BCUT2D eigenvalue weighted by molar-refractivity contribution is 0.102. The molecule has 0 aliphatic rings. The Morgan fingerprint density at radius 3 is 1.33 bits per heavy atom. The second-order valence-corrected chi connectivity index (χ2v) is 7.61. The maximum absolute atomic E-state index is 12.5. The Kier molecular flexibility index (Phi) is 6.52. The van der Waals surface area contributed by atoms with Crippen LogP contribution in [0.3, 0.4) is 0 Å². The van der Waals surface area contributed by atoms with E-state index in [2.05, 4.69) is 0 Å². The highest BCUT2D eigenvalue weighted by Gasteiger charge is 2.16. The van der Waals surface area contributed by atoms with Crippen molar-refractivity contribution in [1.82, 2.24) is 0 Å². The van der Waals surface area contributed by atoms with Crippen LogP contribution in [0.5, 0.6) is 23.0 Å². The summed E-state index contributed by atoms with van der Waals surface area (Å²) in [5.41, 5.74) is 1.28. The molecule has 0 saturated heterocycles. The van der Waals surface area contributed by atoms with E-state index in [4.69, 9.17) is 8.85 Å². The summed E-state index contributed by atoms with van der Waals surface area (Å²) in [6, 6.07) is 26.1. The molecular formula is C26H18O6Si.